The first-order valence-corrected chi connectivity index (χ1v) is 11.2. The maximum atomic E-state index is 13.2. The maximum absolute atomic E-state index is 13.2. The van der Waals surface area contributed by atoms with Crippen LogP contribution in [0.25, 0.3) is 0 Å². The van der Waals surface area contributed by atoms with E-state index in [9.17, 15) is 9.59 Å². The molecule has 0 radical (unpaired) electrons. The summed E-state index contributed by atoms with van der Waals surface area (Å²) in [5, 5.41) is 3.02. The molecule has 2 amide bonds. The smallest absolute Gasteiger partial charge is 0.226 e. The summed E-state index contributed by atoms with van der Waals surface area (Å²) in [6.45, 7) is 6.67. The van der Waals surface area contributed by atoms with Crippen molar-refractivity contribution in [1.29, 1.82) is 0 Å². The van der Waals surface area contributed by atoms with Gasteiger partial charge in [0.25, 0.3) is 0 Å². The summed E-state index contributed by atoms with van der Waals surface area (Å²) in [5.41, 5.74) is 3.99. The van der Waals surface area contributed by atoms with Crippen LogP contribution in [0.3, 0.4) is 0 Å². The van der Waals surface area contributed by atoms with Gasteiger partial charge in [0.2, 0.25) is 11.8 Å². The Kier molecular flexibility index (Phi) is 7.37. The Labute approximate surface area is 186 Å². The zero-order valence-corrected chi connectivity index (χ0v) is 19.4. The molecule has 5 heteroatoms. The number of nitrogens with one attached hydrogen (secondary N) is 1. The van der Waals surface area contributed by atoms with Gasteiger partial charge in [0.1, 0.15) is 0 Å². The Hall–Kier alpha value is -2.82. The molecule has 1 N–H and O–H groups in total. The van der Waals surface area contributed by atoms with E-state index in [2.05, 4.69) is 29.3 Å². The van der Waals surface area contributed by atoms with Crippen molar-refractivity contribution in [3.63, 3.8) is 0 Å². The monoisotopic (exact) mass is 421 g/mol. The molecule has 0 unspecified atom stereocenters. The molecule has 1 saturated carbocycles. The Balaban J connectivity index is 1.90. The highest BCUT2D eigenvalue weighted by atomic mass is 16.2. The minimum Gasteiger partial charge on any atom is -0.377 e. The standard InChI is InChI=1S/C26H35N3O2/c1-18(2)15-25(30)27-23-13-14-24(28(4)5)22(16-23)17-29(26(31)21-11-12-21)19(3)20-9-7-6-8-10-20/h6-10,13-14,16,18-19,21H,11-12,15,17H2,1-5H3,(H,27,30)/t19-/m0/s1. The number of benzene rings is 2. The largest absolute Gasteiger partial charge is 0.377 e. The van der Waals surface area contributed by atoms with Crippen molar-refractivity contribution in [2.24, 2.45) is 11.8 Å². The fourth-order valence-corrected chi connectivity index (χ4v) is 3.87. The van der Waals surface area contributed by atoms with Gasteiger partial charge >= 0.3 is 0 Å². The average molecular weight is 422 g/mol. The van der Waals surface area contributed by atoms with Gasteiger partial charge < -0.3 is 15.1 Å². The van der Waals surface area contributed by atoms with E-state index in [1.807, 2.05) is 69.2 Å². The fourth-order valence-electron chi connectivity index (χ4n) is 3.87. The van der Waals surface area contributed by atoms with E-state index in [0.717, 1.165) is 35.3 Å². The summed E-state index contributed by atoms with van der Waals surface area (Å²) >= 11 is 0. The molecule has 0 aromatic heterocycles. The lowest BCUT2D eigenvalue weighted by Gasteiger charge is -2.32. The van der Waals surface area contributed by atoms with Gasteiger partial charge in [-0.15, -0.1) is 0 Å². The third kappa shape index (κ3) is 6.09. The quantitative estimate of drug-likeness (QED) is 0.603. The zero-order chi connectivity index (χ0) is 22.5. The summed E-state index contributed by atoms with van der Waals surface area (Å²) in [5.74, 6) is 0.680. The number of hydrogen-bond acceptors (Lipinski definition) is 3. The molecule has 3 rings (SSSR count). The predicted molar refractivity (Wildman–Crippen MR) is 127 cm³/mol. The van der Waals surface area contributed by atoms with Gasteiger partial charge in [0.15, 0.2) is 0 Å². The van der Waals surface area contributed by atoms with Crippen LogP contribution in [0.2, 0.25) is 0 Å². The van der Waals surface area contributed by atoms with Crippen molar-refractivity contribution in [1.82, 2.24) is 4.90 Å². The Morgan fingerprint density at radius 2 is 1.71 bits per heavy atom. The second-order valence-corrected chi connectivity index (χ2v) is 9.21. The lowest BCUT2D eigenvalue weighted by atomic mass is 10.0. The molecule has 2 aromatic carbocycles. The van der Waals surface area contributed by atoms with Crippen LogP contribution in [0.4, 0.5) is 11.4 Å². The minimum atomic E-state index is -0.0245. The van der Waals surface area contributed by atoms with Crippen molar-refractivity contribution >= 4 is 23.2 Å². The molecule has 0 aliphatic heterocycles. The minimum absolute atomic E-state index is 0.0159. The first kappa shape index (κ1) is 22.9. The lowest BCUT2D eigenvalue weighted by molar-refractivity contribution is -0.135. The number of amides is 2. The molecule has 0 spiro atoms. The highest BCUT2D eigenvalue weighted by Gasteiger charge is 2.36. The van der Waals surface area contributed by atoms with Gasteiger partial charge in [0.05, 0.1) is 6.04 Å². The van der Waals surface area contributed by atoms with E-state index in [1.54, 1.807) is 0 Å². The summed E-state index contributed by atoms with van der Waals surface area (Å²) in [4.78, 5) is 29.6. The molecule has 1 atom stereocenters. The van der Waals surface area contributed by atoms with E-state index in [1.165, 1.54) is 0 Å². The van der Waals surface area contributed by atoms with Gasteiger partial charge in [-0.3, -0.25) is 9.59 Å². The molecule has 5 nitrogen and oxygen atoms in total. The molecule has 1 aliphatic carbocycles. The molecule has 31 heavy (non-hydrogen) atoms. The topological polar surface area (TPSA) is 52.7 Å². The van der Waals surface area contributed by atoms with Crippen molar-refractivity contribution in [3.8, 4) is 0 Å². The number of rotatable bonds is 9. The molecule has 0 heterocycles. The van der Waals surface area contributed by atoms with Crippen LogP contribution in [0, 0.1) is 11.8 Å². The summed E-state index contributed by atoms with van der Waals surface area (Å²) in [6.07, 6.45) is 2.44. The lowest BCUT2D eigenvalue weighted by Crippen LogP contribution is -2.34. The zero-order valence-electron chi connectivity index (χ0n) is 19.4. The maximum Gasteiger partial charge on any atom is 0.226 e. The van der Waals surface area contributed by atoms with Crippen LogP contribution in [-0.2, 0) is 16.1 Å². The molecule has 2 aromatic rings. The van der Waals surface area contributed by atoms with Gasteiger partial charge in [-0.05, 0) is 55.0 Å². The van der Waals surface area contributed by atoms with Crippen LogP contribution in [-0.4, -0.2) is 30.8 Å². The Morgan fingerprint density at radius 3 is 2.29 bits per heavy atom. The van der Waals surface area contributed by atoms with Crippen molar-refractivity contribution < 1.29 is 9.59 Å². The highest BCUT2D eigenvalue weighted by molar-refractivity contribution is 5.91. The normalized spacial score (nSPS) is 14.3. The number of carbonyl (C=O) groups is 2. The molecule has 166 valence electrons. The summed E-state index contributed by atoms with van der Waals surface area (Å²) in [7, 11) is 4.01. The number of anilines is 2. The van der Waals surface area contributed by atoms with Crippen LogP contribution in [0.5, 0.6) is 0 Å². The van der Waals surface area contributed by atoms with E-state index >= 15 is 0 Å². The average Bonchev–Trinajstić information content (AvgIpc) is 3.56. The molecule has 0 saturated heterocycles. The summed E-state index contributed by atoms with van der Waals surface area (Å²) in [6, 6.07) is 16.1. The fraction of sp³-hybridized carbons (Fsp3) is 0.462. The van der Waals surface area contributed by atoms with Crippen LogP contribution >= 0.6 is 0 Å². The van der Waals surface area contributed by atoms with Gasteiger partial charge in [0, 0.05) is 44.4 Å². The van der Waals surface area contributed by atoms with Crippen molar-refractivity contribution in [3.05, 3.63) is 59.7 Å². The molecule has 1 aliphatic rings. The van der Waals surface area contributed by atoms with Gasteiger partial charge in [-0.2, -0.15) is 0 Å². The van der Waals surface area contributed by atoms with E-state index in [-0.39, 0.29) is 23.8 Å². The van der Waals surface area contributed by atoms with Crippen molar-refractivity contribution in [2.75, 3.05) is 24.3 Å². The third-order valence-corrected chi connectivity index (χ3v) is 5.74. The number of carbonyl (C=O) groups excluding carboxylic acids is 2. The van der Waals surface area contributed by atoms with Crippen LogP contribution in [0.15, 0.2) is 48.5 Å². The van der Waals surface area contributed by atoms with Crippen LogP contribution < -0.4 is 10.2 Å². The third-order valence-electron chi connectivity index (χ3n) is 5.74. The summed E-state index contributed by atoms with van der Waals surface area (Å²) < 4.78 is 0. The highest BCUT2D eigenvalue weighted by Crippen LogP contribution is 2.36. The van der Waals surface area contributed by atoms with Crippen molar-refractivity contribution in [2.45, 2.75) is 52.6 Å². The van der Waals surface area contributed by atoms with E-state index in [0.29, 0.717) is 18.9 Å². The van der Waals surface area contributed by atoms with E-state index in [4.69, 9.17) is 0 Å². The van der Waals surface area contributed by atoms with Gasteiger partial charge in [-0.1, -0.05) is 44.2 Å². The predicted octanol–water partition coefficient (Wildman–Crippen LogP) is 5.24. The second kappa shape index (κ2) is 9.99. The second-order valence-electron chi connectivity index (χ2n) is 9.21. The molecular formula is C26H35N3O2. The Morgan fingerprint density at radius 1 is 1.03 bits per heavy atom. The van der Waals surface area contributed by atoms with Crippen LogP contribution in [0.1, 0.15) is 57.2 Å². The molecule has 1 fully saturated rings. The van der Waals surface area contributed by atoms with E-state index < -0.39 is 0 Å². The number of hydrogen-bond donors (Lipinski definition) is 1. The first-order chi connectivity index (χ1) is 14.8. The Bertz CT molecular complexity index is 904. The SMILES string of the molecule is CC(C)CC(=O)Nc1ccc(N(C)C)c(CN(C(=O)C2CC2)[C@@H](C)c2ccccc2)c1. The molecule has 0 bridgehead atoms. The van der Waals surface area contributed by atoms with Gasteiger partial charge in [-0.25, -0.2) is 0 Å². The first-order valence-electron chi connectivity index (χ1n) is 11.2. The molecular weight excluding hydrogens is 386 g/mol. The number of nitrogens with zero attached hydrogens (tertiary/aromatic N) is 2.